The second kappa shape index (κ2) is 7.89. The number of H-pyrrole nitrogens is 1. The van der Waals surface area contributed by atoms with Crippen molar-refractivity contribution in [3.05, 3.63) is 59.3 Å². The van der Waals surface area contributed by atoms with Gasteiger partial charge in [-0.25, -0.2) is 13.4 Å². The fraction of sp³-hybridized carbons (Fsp3) is 0.320. The van der Waals surface area contributed by atoms with Crippen LogP contribution in [-0.2, 0) is 22.0 Å². The van der Waals surface area contributed by atoms with E-state index in [1.807, 2.05) is 41.3 Å². The van der Waals surface area contributed by atoms with E-state index in [0.717, 1.165) is 64.7 Å². The largest absolute Gasteiger partial charge is 0.336 e. The fourth-order valence-electron chi connectivity index (χ4n) is 5.08. The number of sulfone groups is 1. The maximum absolute atomic E-state index is 12.9. The number of aromatic amines is 1. The molecule has 1 fully saturated rings. The smallest absolute Gasteiger partial charge is 0.253 e. The van der Waals surface area contributed by atoms with Gasteiger partial charge < -0.3 is 9.80 Å². The molecule has 0 radical (unpaired) electrons. The van der Waals surface area contributed by atoms with Crippen LogP contribution in [0.25, 0.3) is 33.1 Å². The van der Waals surface area contributed by atoms with Crippen molar-refractivity contribution in [3.8, 4) is 11.3 Å². The summed E-state index contributed by atoms with van der Waals surface area (Å²) in [5, 5.41) is 9.09. The van der Waals surface area contributed by atoms with Crippen LogP contribution in [-0.4, -0.2) is 78.3 Å². The van der Waals surface area contributed by atoms with E-state index in [-0.39, 0.29) is 17.4 Å². The highest BCUT2D eigenvalue weighted by atomic mass is 32.2. The molecule has 0 bridgehead atoms. The Morgan fingerprint density at radius 3 is 2.53 bits per heavy atom. The first kappa shape index (κ1) is 21.2. The van der Waals surface area contributed by atoms with Gasteiger partial charge in [-0.2, -0.15) is 5.10 Å². The first-order chi connectivity index (χ1) is 16.4. The zero-order chi connectivity index (χ0) is 23.4. The van der Waals surface area contributed by atoms with Gasteiger partial charge in [-0.05, 0) is 48.9 Å². The van der Waals surface area contributed by atoms with Gasteiger partial charge in [0.25, 0.3) is 5.91 Å². The molecule has 1 saturated heterocycles. The molecule has 34 heavy (non-hydrogen) atoms. The van der Waals surface area contributed by atoms with Crippen LogP contribution in [0.4, 0.5) is 0 Å². The highest BCUT2D eigenvalue weighted by Gasteiger charge is 2.28. The van der Waals surface area contributed by atoms with Crippen molar-refractivity contribution in [1.82, 2.24) is 25.0 Å². The third-order valence-electron chi connectivity index (χ3n) is 7.01. The summed E-state index contributed by atoms with van der Waals surface area (Å²) in [4.78, 5) is 22.0. The molecule has 0 spiro atoms. The minimum Gasteiger partial charge on any atom is -0.336 e. The van der Waals surface area contributed by atoms with E-state index in [2.05, 4.69) is 22.1 Å². The fourth-order valence-corrected chi connectivity index (χ4v) is 6.49. The molecule has 1 N–H and O–H groups in total. The van der Waals surface area contributed by atoms with Gasteiger partial charge in [0.05, 0.1) is 34.4 Å². The van der Waals surface area contributed by atoms with Gasteiger partial charge in [0.2, 0.25) is 0 Å². The summed E-state index contributed by atoms with van der Waals surface area (Å²) in [6.45, 7) is 3.18. The van der Waals surface area contributed by atoms with Crippen LogP contribution in [0.2, 0.25) is 0 Å². The van der Waals surface area contributed by atoms with Crippen molar-refractivity contribution >= 4 is 37.6 Å². The number of fused-ring (bicyclic) bond motifs is 5. The summed E-state index contributed by atoms with van der Waals surface area (Å²) in [7, 11) is -1.14. The number of benzene rings is 2. The number of piperazine rings is 1. The molecule has 6 rings (SSSR count). The summed E-state index contributed by atoms with van der Waals surface area (Å²) in [5.74, 6) is 0.125. The van der Waals surface area contributed by atoms with E-state index in [0.29, 0.717) is 17.7 Å². The van der Waals surface area contributed by atoms with Crippen molar-refractivity contribution in [2.75, 3.05) is 39.0 Å². The zero-order valence-corrected chi connectivity index (χ0v) is 19.7. The molecule has 0 unspecified atom stereocenters. The lowest BCUT2D eigenvalue weighted by molar-refractivity contribution is 0.0664. The number of nitrogens with one attached hydrogen (secondary N) is 1. The van der Waals surface area contributed by atoms with Crippen molar-refractivity contribution < 1.29 is 13.2 Å². The van der Waals surface area contributed by atoms with Gasteiger partial charge in [0, 0.05) is 48.1 Å². The lowest BCUT2D eigenvalue weighted by atomic mass is 9.94. The normalized spacial score (nSPS) is 18.3. The summed E-state index contributed by atoms with van der Waals surface area (Å²) in [5.41, 5.74) is 5.63. The maximum Gasteiger partial charge on any atom is 0.253 e. The van der Waals surface area contributed by atoms with Gasteiger partial charge in [-0.3, -0.25) is 9.89 Å². The zero-order valence-electron chi connectivity index (χ0n) is 18.9. The Kier molecular flexibility index (Phi) is 4.93. The van der Waals surface area contributed by atoms with Crippen LogP contribution in [0.5, 0.6) is 0 Å². The molecule has 2 aliphatic rings. The SMILES string of the molecule is CN1CCN(C(=O)c2ccc(-c3nc4ccc5[nH]ncc5c4c4c3CS(=O)(=O)CC4)cc2)CC1. The molecule has 4 aromatic rings. The Labute approximate surface area is 197 Å². The van der Waals surface area contributed by atoms with Crippen molar-refractivity contribution in [2.24, 2.45) is 0 Å². The van der Waals surface area contributed by atoms with Gasteiger partial charge >= 0.3 is 0 Å². The third kappa shape index (κ3) is 3.56. The van der Waals surface area contributed by atoms with E-state index < -0.39 is 9.84 Å². The average Bonchev–Trinajstić information content (AvgIpc) is 3.32. The second-order valence-corrected chi connectivity index (χ2v) is 11.4. The molecule has 8 nitrogen and oxygen atoms in total. The molecule has 2 aliphatic heterocycles. The second-order valence-electron chi connectivity index (χ2n) is 9.22. The molecule has 0 aliphatic carbocycles. The standard InChI is InChI=1S/C25H25N5O3S/c1-29-9-11-30(12-10-29)25(31)17-4-2-16(3-5-17)24-20-15-34(32,33)13-8-18(20)23-19-14-26-28-21(19)6-7-22(23)27-24/h2-7,14H,8-13,15H2,1H3,(H,26,28). The molecule has 174 valence electrons. The number of aryl methyl sites for hydroxylation is 1. The number of hydrogen-bond donors (Lipinski definition) is 1. The number of rotatable bonds is 2. The molecular weight excluding hydrogens is 450 g/mol. The van der Waals surface area contributed by atoms with Crippen LogP contribution in [0.3, 0.4) is 0 Å². The molecule has 0 atom stereocenters. The number of nitrogens with zero attached hydrogens (tertiary/aromatic N) is 4. The van der Waals surface area contributed by atoms with E-state index >= 15 is 0 Å². The number of carbonyl (C=O) groups is 1. The van der Waals surface area contributed by atoms with E-state index in [4.69, 9.17) is 4.98 Å². The van der Waals surface area contributed by atoms with Gasteiger partial charge in [0.1, 0.15) is 0 Å². The summed E-state index contributed by atoms with van der Waals surface area (Å²) in [6.07, 6.45) is 2.23. The number of pyridine rings is 1. The number of hydrogen-bond acceptors (Lipinski definition) is 6. The Hall–Kier alpha value is -3.30. The maximum atomic E-state index is 12.9. The van der Waals surface area contributed by atoms with Crippen LogP contribution in [0, 0.1) is 0 Å². The number of carbonyl (C=O) groups excluding carboxylic acids is 1. The highest BCUT2D eigenvalue weighted by molar-refractivity contribution is 7.90. The van der Waals surface area contributed by atoms with E-state index in [1.54, 1.807) is 6.20 Å². The third-order valence-corrected chi connectivity index (χ3v) is 8.56. The summed E-state index contributed by atoms with van der Waals surface area (Å²) < 4.78 is 25.2. The van der Waals surface area contributed by atoms with Gasteiger partial charge in [-0.15, -0.1) is 0 Å². The monoisotopic (exact) mass is 475 g/mol. The lowest BCUT2D eigenvalue weighted by Gasteiger charge is -2.32. The molecule has 2 aromatic carbocycles. The topological polar surface area (TPSA) is 99.3 Å². The Bertz CT molecular complexity index is 1530. The minimum absolute atomic E-state index is 0.0260. The Balaban J connectivity index is 1.44. The van der Waals surface area contributed by atoms with Crippen LogP contribution in [0.15, 0.2) is 42.6 Å². The highest BCUT2D eigenvalue weighted by Crippen LogP contribution is 2.37. The molecule has 1 amide bonds. The van der Waals surface area contributed by atoms with Crippen molar-refractivity contribution in [3.63, 3.8) is 0 Å². The Morgan fingerprint density at radius 2 is 1.76 bits per heavy atom. The summed E-state index contributed by atoms with van der Waals surface area (Å²) in [6, 6.07) is 11.3. The average molecular weight is 476 g/mol. The van der Waals surface area contributed by atoms with E-state index in [9.17, 15) is 13.2 Å². The first-order valence-electron chi connectivity index (χ1n) is 11.5. The van der Waals surface area contributed by atoms with Gasteiger partial charge in [-0.1, -0.05) is 12.1 Å². The summed E-state index contributed by atoms with van der Waals surface area (Å²) >= 11 is 0. The number of aromatic nitrogens is 3. The predicted octanol–water partition coefficient (Wildman–Crippen LogP) is 2.64. The molecule has 4 heterocycles. The molecular formula is C25H25N5O3S. The lowest BCUT2D eigenvalue weighted by Crippen LogP contribution is -2.47. The molecule has 9 heteroatoms. The van der Waals surface area contributed by atoms with Crippen LogP contribution >= 0.6 is 0 Å². The van der Waals surface area contributed by atoms with Crippen molar-refractivity contribution in [1.29, 1.82) is 0 Å². The quantitative estimate of drug-likeness (QED) is 0.479. The predicted molar refractivity (Wildman–Crippen MR) is 131 cm³/mol. The number of amides is 1. The Morgan fingerprint density at radius 1 is 1.00 bits per heavy atom. The minimum atomic E-state index is -3.20. The number of likely N-dealkylation sites (N-methyl/N-ethyl adjacent to an activating group) is 1. The molecule has 0 saturated carbocycles. The van der Waals surface area contributed by atoms with Crippen LogP contribution in [0.1, 0.15) is 21.5 Å². The first-order valence-corrected chi connectivity index (χ1v) is 13.3. The van der Waals surface area contributed by atoms with Crippen LogP contribution < -0.4 is 0 Å². The van der Waals surface area contributed by atoms with Crippen molar-refractivity contribution in [2.45, 2.75) is 12.2 Å². The van der Waals surface area contributed by atoms with Gasteiger partial charge in [0.15, 0.2) is 9.84 Å². The van der Waals surface area contributed by atoms with E-state index in [1.165, 1.54) is 0 Å². The molecule has 2 aromatic heterocycles.